The molecule has 0 aliphatic carbocycles. The lowest BCUT2D eigenvalue weighted by Gasteiger charge is -2.35. The summed E-state index contributed by atoms with van der Waals surface area (Å²) in [7, 11) is 1.70. The first-order chi connectivity index (χ1) is 22.6. The zero-order chi connectivity index (χ0) is 32.9. The number of nitrogens with zero attached hydrogens (tertiary/aromatic N) is 6. The van der Waals surface area contributed by atoms with Gasteiger partial charge in [-0.15, -0.1) is 0 Å². The molecule has 3 fully saturated rings. The van der Waals surface area contributed by atoms with Crippen molar-refractivity contribution in [1.82, 2.24) is 19.9 Å². The number of amides is 3. The SMILES string of the molecule is CC1COCCN1c1ccc(NC(=O)Nc2ccc(-c3nc(N4C5CCC4COC5)nc4c3C(=O)N(C)CC(C)(C)O4)cc2F)cn1. The summed E-state index contributed by atoms with van der Waals surface area (Å²) < 4.78 is 33.3. The Bertz CT molecular complexity index is 1670. The number of halogens is 1. The van der Waals surface area contributed by atoms with Crippen LogP contribution in [0.3, 0.4) is 0 Å². The fourth-order valence-electron chi connectivity index (χ4n) is 6.85. The molecule has 6 heterocycles. The summed E-state index contributed by atoms with van der Waals surface area (Å²) in [5.41, 5.74) is 0.500. The molecule has 0 spiro atoms. The van der Waals surface area contributed by atoms with Crippen LogP contribution in [0, 0.1) is 5.82 Å². The quantitative estimate of drug-likeness (QED) is 0.416. The number of nitrogens with one attached hydrogen (secondary N) is 2. The lowest BCUT2D eigenvalue weighted by atomic mass is 10.0. The summed E-state index contributed by atoms with van der Waals surface area (Å²) in [4.78, 5) is 46.5. The molecule has 47 heavy (non-hydrogen) atoms. The predicted molar refractivity (Wildman–Crippen MR) is 174 cm³/mol. The predicted octanol–water partition coefficient (Wildman–Crippen LogP) is 4.16. The van der Waals surface area contributed by atoms with E-state index in [4.69, 9.17) is 24.2 Å². The third kappa shape index (κ3) is 6.14. The molecule has 4 aliphatic heterocycles. The molecule has 2 N–H and O–H groups in total. The number of hydrogen-bond donors (Lipinski definition) is 2. The van der Waals surface area contributed by atoms with Crippen LogP contribution in [0.4, 0.5) is 32.3 Å². The number of morpholine rings is 2. The van der Waals surface area contributed by atoms with Crippen LogP contribution in [-0.4, -0.2) is 102 Å². The van der Waals surface area contributed by atoms with E-state index >= 15 is 4.39 Å². The van der Waals surface area contributed by atoms with Crippen molar-refractivity contribution in [3.05, 3.63) is 47.9 Å². The van der Waals surface area contributed by atoms with Crippen molar-refractivity contribution in [3.63, 3.8) is 0 Å². The molecular formula is C33H39FN8O5. The molecule has 0 saturated carbocycles. The van der Waals surface area contributed by atoms with Crippen molar-refractivity contribution in [1.29, 1.82) is 0 Å². The van der Waals surface area contributed by atoms with Gasteiger partial charge in [0.25, 0.3) is 5.91 Å². The maximum atomic E-state index is 15.7. The molecule has 248 valence electrons. The number of fused-ring (bicyclic) bond motifs is 3. The van der Waals surface area contributed by atoms with Crippen LogP contribution in [-0.2, 0) is 9.47 Å². The molecule has 1 aromatic carbocycles. The van der Waals surface area contributed by atoms with Crippen LogP contribution in [0.5, 0.6) is 5.88 Å². The monoisotopic (exact) mass is 646 g/mol. The Balaban J connectivity index is 1.15. The van der Waals surface area contributed by atoms with Gasteiger partial charge in [-0.25, -0.2) is 19.2 Å². The van der Waals surface area contributed by atoms with Gasteiger partial charge in [0.2, 0.25) is 11.8 Å². The molecule has 4 aliphatic rings. The molecular weight excluding hydrogens is 607 g/mol. The summed E-state index contributed by atoms with van der Waals surface area (Å²) in [5.74, 6) is 0.372. The Morgan fingerprint density at radius 2 is 1.83 bits per heavy atom. The highest BCUT2D eigenvalue weighted by atomic mass is 19.1. The van der Waals surface area contributed by atoms with Gasteiger partial charge in [0, 0.05) is 19.2 Å². The molecule has 14 heteroatoms. The van der Waals surface area contributed by atoms with E-state index in [1.54, 1.807) is 30.3 Å². The lowest BCUT2D eigenvalue weighted by molar-refractivity contribution is 0.0594. The van der Waals surface area contributed by atoms with E-state index in [1.165, 1.54) is 12.1 Å². The van der Waals surface area contributed by atoms with Gasteiger partial charge in [0.05, 0.1) is 74.4 Å². The Morgan fingerprint density at radius 1 is 1.04 bits per heavy atom. The Hall–Kier alpha value is -4.56. The number of aromatic nitrogens is 3. The van der Waals surface area contributed by atoms with Crippen LogP contribution in [0.1, 0.15) is 44.0 Å². The Kier molecular flexibility index (Phi) is 8.08. The highest BCUT2D eigenvalue weighted by Crippen LogP contribution is 2.39. The first kappa shape index (κ1) is 31.1. The summed E-state index contributed by atoms with van der Waals surface area (Å²) in [5, 5.41) is 5.27. The fraction of sp³-hybridized carbons (Fsp3) is 0.485. The maximum absolute atomic E-state index is 15.7. The molecule has 7 rings (SSSR count). The van der Waals surface area contributed by atoms with E-state index in [0.717, 1.165) is 25.2 Å². The van der Waals surface area contributed by atoms with E-state index in [9.17, 15) is 9.59 Å². The summed E-state index contributed by atoms with van der Waals surface area (Å²) >= 11 is 0. The zero-order valence-electron chi connectivity index (χ0n) is 27.0. The summed E-state index contributed by atoms with van der Waals surface area (Å²) in [6, 6.07) is 7.70. The Labute approximate surface area is 272 Å². The van der Waals surface area contributed by atoms with Crippen LogP contribution >= 0.6 is 0 Å². The average Bonchev–Trinajstić information content (AvgIpc) is 3.24. The number of rotatable bonds is 5. The minimum absolute atomic E-state index is 0.0367. The van der Waals surface area contributed by atoms with E-state index in [0.29, 0.717) is 50.2 Å². The summed E-state index contributed by atoms with van der Waals surface area (Å²) in [6.45, 7) is 9.30. The first-order valence-corrected chi connectivity index (χ1v) is 16.0. The molecule has 3 unspecified atom stereocenters. The molecule has 3 atom stereocenters. The van der Waals surface area contributed by atoms with Gasteiger partial charge in [-0.3, -0.25) is 4.79 Å². The number of hydrogen-bond acceptors (Lipinski definition) is 10. The van der Waals surface area contributed by atoms with E-state index in [1.807, 2.05) is 19.9 Å². The van der Waals surface area contributed by atoms with Gasteiger partial charge in [0.15, 0.2) is 0 Å². The van der Waals surface area contributed by atoms with Crippen LogP contribution < -0.4 is 25.2 Å². The molecule has 3 aromatic rings. The van der Waals surface area contributed by atoms with Gasteiger partial charge in [0.1, 0.15) is 22.8 Å². The standard InChI is InChI=1S/C33H39FN8O5/c1-19-15-45-12-11-41(19)26-10-6-21(14-35-26)36-32(44)37-25-9-5-20(13-24(25)34)28-27-29(47-33(2,3)18-40(4)30(27)43)39-31(38-28)42-22-7-8-23(42)17-46-16-22/h5-6,9-10,13-14,19,22-23H,7-8,11-12,15-18H2,1-4H3,(H2,36,37,44). The van der Waals surface area contributed by atoms with Gasteiger partial charge in [-0.2, -0.15) is 4.98 Å². The molecule has 0 radical (unpaired) electrons. The van der Waals surface area contributed by atoms with Gasteiger partial charge >= 0.3 is 6.03 Å². The van der Waals surface area contributed by atoms with Crippen molar-refractivity contribution in [2.75, 3.05) is 67.0 Å². The number of urea groups is 1. The zero-order valence-corrected chi connectivity index (χ0v) is 27.0. The molecule has 3 amide bonds. The molecule has 3 saturated heterocycles. The second kappa shape index (κ2) is 12.2. The van der Waals surface area contributed by atoms with Crippen molar-refractivity contribution < 1.29 is 28.2 Å². The number of pyridine rings is 1. The fourth-order valence-corrected chi connectivity index (χ4v) is 6.85. The van der Waals surface area contributed by atoms with Crippen molar-refractivity contribution in [3.8, 4) is 17.1 Å². The summed E-state index contributed by atoms with van der Waals surface area (Å²) in [6.07, 6.45) is 3.45. The van der Waals surface area contributed by atoms with Crippen molar-refractivity contribution in [2.24, 2.45) is 0 Å². The third-order valence-corrected chi connectivity index (χ3v) is 9.05. The third-order valence-electron chi connectivity index (χ3n) is 9.05. The van der Waals surface area contributed by atoms with Gasteiger partial charge in [-0.1, -0.05) is 6.07 Å². The average molecular weight is 647 g/mol. The molecule has 13 nitrogen and oxygen atoms in total. The number of ether oxygens (including phenoxy) is 3. The molecule has 2 bridgehead atoms. The molecule has 2 aromatic heterocycles. The van der Waals surface area contributed by atoms with Crippen LogP contribution in [0.25, 0.3) is 11.3 Å². The minimum Gasteiger partial charge on any atom is -0.469 e. The number of benzene rings is 1. The highest BCUT2D eigenvalue weighted by molar-refractivity contribution is 6.03. The van der Waals surface area contributed by atoms with E-state index in [-0.39, 0.29) is 46.9 Å². The van der Waals surface area contributed by atoms with Crippen LogP contribution in [0.15, 0.2) is 36.5 Å². The number of anilines is 4. The van der Waals surface area contributed by atoms with E-state index < -0.39 is 17.4 Å². The van der Waals surface area contributed by atoms with Crippen LogP contribution in [0.2, 0.25) is 0 Å². The lowest BCUT2D eigenvalue weighted by Crippen LogP contribution is -2.47. The largest absolute Gasteiger partial charge is 0.469 e. The second-order valence-electron chi connectivity index (χ2n) is 13.2. The Morgan fingerprint density at radius 3 is 2.53 bits per heavy atom. The normalized spacial score (nSPS) is 23.6. The van der Waals surface area contributed by atoms with Gasteiger partial charge < -0.3 is 39.5 Å². The maximum Gasteiger partial charge on any atom is 0.323 e. The highest BCUT2D eigenvalue weighted by Gasteiger charge is 2.42. The van der Waals surface area contributed by atoms with Crippen molar-refractivity contribution in [2.45, 2.75) is 57.3 Å². The van der Waals surface area contributed by atoms with Gasteiger partial charge in [-0.05, 0) is 57.9 Å². The smallest absolute Gasteiger partial charge is 0.323 e. The second-order valence-corrected chi connectivity index (χ2v) is 13.2. The number of carbonyl (C=O) groups is 2. The van der Waals surface area contributed by atoms with Crippen molar-refractivity contribution >= 4 is 35.1 Å². The first-order valence-electron chi connectivity index (χ1n) is 16.0. The minimum atomic E-state index is -0.717. The number of likely N-dealkylation sites (N-methyl/N-ethyl adjacent to an activating group) is 1. The number of carbonyl (C=O) groups excluding carboxylic acids is 2. The topological polar surface area (TPSA) is 134 Å². The van der Waals surface area contributed by atoms with E-state index in [2.05, 4.69) is 32.3 Å².